The van der Waals surface area contributed by atoms with E-state index in [1.165, 1.54) is 0 Å². The van der Waals surface area contributed by atoms with E-state index in [4.69, 9.17) is 16.0 Å². The Morgan fingerprint density at radius 1 is 0.900 bits per heavy atom. The Labute approximate surface area is 178 Å². The fourth-order valence-corrected chi connectivity index (χ4v) is 3.08. The first-order chi connectivity index (χ1) is 14.7. The smallest absolute Gasteiger partial charge is 0.315 e. The van der Waals surface area contributed by atoms with Gasteiger partial charge >= 0.3 is 6.03 Å². The summed E-state index contributed by atoms with van der Waals surface area (Å²) in [6.45, 7) is 0.411. The van der Waals surface area contributed by atoms with E-state index in [1.54, 1.807) is 24.3 Å². The highest BCUT2D eigenvalue weighted by atomic mass is 35.5. The molecule has 3 aromatic carbocycles. The molecule has 1 atom stereocenters. The van der Waals surface area contributed by atoms with Gasteiger partial charge in [0.2, 0.25) is 11.8 Å². The minimum absolute atomic E-state index is 0.293. The van der Waals surface area contributed by atoms with Crippen LogP contribution in [0.5, 0.6) is 0 Å². The Hall–Kier alpha value is -3.64. The van der Waals surface area contributed by atoms with Crippen molar-refractivity contribution in [2.75, 3.05) is 0 Å². The summed E-state index contributed by atoms with van der Waals surface area (Å²) in [7, 11) is 0. The highest BCUT2D eigenvalue weighted by Crippen LogP contribution is 2.25. The van der Waals surface area contributed by atoms with Crippen LogP contribution in [0.25, 0.3) is 11.5 Å². The second kappa shape index (κ2) is 9.24. The van der Waals surface area contributed by atoms with E-state index in [9.17, 15) is 4.79 Å². The first kappa shape index (κ1) is 19.7. The molecule has 0 aliphatic rings. The molecule has 2 N–H and O–H groups in total. The summed E-state index contributed by atoms with van der Waals surface area (Å²) in [5.74, 6) is 0.648. The molecule has 7 heteroatoms. The number of amides is 2. The number of hydrogen-bond donors (Lipinski definition) is 2. The number of aromatic nitrogens is 2. The van der Waals surface area contributed by atoms with Crippen molar-refractivity contribution in [1.82, 2.24) is 20.8 Å². The lowest BCUT2D eigenvalue weighted by molar-refractivity contribution is 0.236. The summed E-state index contributed by atoms with van der Waals surface area (Å²) in [5.41, 5.74) is 2.59. The van der Waals surface area contributed by atoms with Crippen LogP contribution in [0.2, 0.25) is 5.02 Å². The van der Waals surface area contributed by atoms with Gasteiger partial charge in [0, 0.05) is 17.1 Å². The van der Waals surface area contributed by atoms with Gasteiger partial charge in [0.05, 0.1) is 0 Å². The maximum Gasteiger partial charge on any atom is 0.315 e. The van der Waals surface area contributed by atoms with Crippen LogP contribution in [-0.4, -0.2) is 16.2 Å². The molecule has 4 rings (SSSR count). The van der Waals surface area contributed by atoms with Crippen LogP contribution in [0, 0.1) is 0 Å². The van der Waals surface area contributed by atoms with Gasteiger partial charge in [-0.25, -0.2) is 4.79 Å². The number of nitrogens with zero attached hydrogens (tertiary/aromatic N) is 2. The fourth-order valence-electron chi connectivity index (χ4n) is 2.95. The minimum Gasteiger partial charge on any atom is -0.418 e. The van der Waals surface area contributed by atoms with E-state index >= 15 is 0 Å². The molecule has 0 bridgehead atoms. The summed E-state index contributed by atoms with van der Waals surface area (Å²) in [5, 5.41) is 14.7. The molecule has 2 amide bonds. The summed E-state index contributed by atoms with van der Waals surface area (Å²) >= 11 is 5.94. The third-order valence-corrected chi connectivity index (χ3v) is 4.73. The molecular weight excluding hydrogens is 400 g/mol. The molecule has 0 aliphatic carbocycles. The van der Waals surface area contributed by atoms with Crippen molar-refractivity contribution < 1.29 is 9.21 Å². The van der Waals surface area contributed by atoms with Gasteiger partial charge in [-0.2, -0.15) is 0 Å². The van der Waals surface area contributed by atoms with E-state index in [0.717, 1.165) is 16.7 Å². The van der Waals surface area contributed by atoms with Crippen molar-refractivity contribution >= 4 is 17.6 Å². The predicted octanol–water partition coefficient (Wildman–Crippen LogP) is 4.98. The average Bonchev–Trinajstić information content (AvgIpc) is 3.28. The van der Waals surface area contributed by atoms with Crippen LogP contribution in [-0.2, 0) is 6.54 Å². The molecule has 1 aromatic heterocycles. The molecule has 0 spiro atoms. The Balaban J connectivity index is 1.53. The third kappa shape index (κ3) is 4.85. The van der Waals surface area contributed by atoms with E-state index in [1.807, 2.05) is 60.7 Å². The summed E-state index contributed by atoms with van der Waals surface area (Å²) in [6.07, 6.45) is 0. The van der Waals surface area contributed by atoms with Crippen molar-refractivity contribution in [2.24, 2.45) is 0 Å². The Morgan fingerprint density at radius 3 is 2.27 bits per heavy atom. The van der Waals surface area contributed by atoms with Crippen LogP contribution in [0.3, 0.4) is 0 Å². The predicted molar refractivity (Wildman–Crippen MR) is 115 cm³/mol. The molecule has 0 saturated heterocycles. The van der Waals surface area contributed by atoms with Crippen LogP contribution < -0.4 is 10.6 Å². The molecule has 30 heavy (non-hydrogen) atoms. The molecule has 0 fully saturated rings. The largest absolute Gasteiger partial charge is 0.418 e. The monoisotopic (exact) mass is 418 g/mol. The topological polar surface area (TPSA) is 80.0 Å². The molecule has 1 heterocycles. The SMILES string of the molecule is O=C(NCc1ccccc1)NC(c1ccccc1)c1nnc(-c2ccc(Cl)cc2)o1. The van der Waals surface area contributed by atoms with Gasteiger partial charge in [0.15, 0.2) is 0 Å². The lowest BCUT2D eigenvalue weighted by Gasteiger charge is -2.16. The summed E-state index contributed by atoms with van der Waals surface area (Å²) in [4.78, 5) is 12.6. The highest BCUT2D eigenvalue weighted by molar-refractivity contribution is 6.30. The fraction of sp³-hybridized carbons (Fsp3) is 0.0870. The summed E-state index contributed by atoms with van der Waals surface area (Å²) in [6, 6.07) is 25.4. The van der Waals surface area contributed by atoms with Crippen LogP contribution >= 0.6 is 11.6 Å². The molecule has 0 saturated carbocycles. The highest BCUT2D eigenvalue weighted by Gasteiger charge is 2.23. The second-order valence-electron chi connectivity index (χ2n) is 6.61. The number of halogens is 1. The third-order valence-electron chi connectivity index (χ3n) is 4.48. The normalized spacial score (nSPS) is 11.6. The lowest BCUT2D eigenvalue weighted by atomic mass is 10.1. The number of carbonyl (C=O) groups excluding carboxylic acids is 1. The number of rotatable bonds is 6. The van der Waals surface area contributed by atoms with Gasteiger partial charge in [-0.3, -0.25) is 0 Å². The van der Waals surface area contributed by atoms with E-state index < -0.39 is 6.04 Å². The average molecular weight is 419 g/mol. The minimum atomic E-state index is -0.587. The molecule has 150 valence electrons. The van der Waals surface area contributed by atoms with Gasteiger partial charge in [0.1, 0.15) is 6.04 Å². The van der Waals surface area contributed by atoms with Crippen molar-refractivity contribution in [2.45, 2.75) is 12.6 Å². The molecule has 1 unspecified atom stereocenters. The zero-order valence-electron chi connectivity index (χ0n) is 16.0. The number of carbonyl (C=O) groups is 1. The van der Waals surface area contributed by atoms with Crippen molar-refractivity contribution in [3.05, 3.63) is 107 Å². The van der Waals surface area contributed by atoms with Gasteiger partial charge < -0.3 is 15.1 Å². The van der Waals surface area contributed by atoms with E-state index in [2.05, 4.69) is 20.8 Å². The Kier molecular flexibility index (Phi) is 6.06. The molecule has 0 radical (unpaired) electrons. The zero-order valence-corrected chi connectivity index (χ0v) is 16.7. The standard InChI is InChI=1S/C23H19ClN4O2/c24-19-13-11-18(12-14-19)21-27-28-22(30-21)20(17-9-5-2-6-10-17)26-23(29)25-15-16-7-3-1-4-8-16/h1-14,20H,15H2,(H2,25,26,29). The summed E-state index contributed by atoms with van der Waals surface area (Å²) < 4.78 is 5.88. The van der Waals surface area contributed by atoms with Gasteiger partial charge in [-0.05, 0) is 35.4 Å². The first-order valence-electron chi connectivity index (χ1n) is 9.41. The lowest BCUT2D eigenvalue weighted by Crippen LogP contribution is -2.38. The van der Waals surface area contributed by atoms with Crippen molar-refractivity contribution in [3.8, 4) is 11.5 Å². The maximum atomic E-state index is 12.6. The van der Waals surface area contributed by atoms with Crippen LogP contribution in [0.1, 0.15) is 23.1 Å². The van der Waals surface area contributed by atoms with Crippen molar-refractivity contribution in [3.63, 3.8) is 0 Å². The number of hydrogen-bond acceptors (Lipinski definition) is 4. The molecule has 4 aromatic rings. The number of nitrogens with one attached hydrogen (secondary N) is 2. The molecule has 0 aliphatic heterocycles. The van der Waals surface area contributed by atoms with Crippen LogP contribution in [0.15, 0.2) is 89.3 Å². The number of urea groups is 1. The van der Waals surface area contributed by atoms with E-state index in [-0.39, 0.29) is 6.03 Å². The maximum absolute atomic E-state index is 12.6. The first-order valence-corrected chi connectivity index (χ1v) is 9.79. The quantitative estimate of drug-likeness (QED) is 0.462. The van der Waals surface area contributed by atoms with Crippen molar-refractivity contribution in [1.29, 1.82) is 0 Å². The Bertz CT molecular complexity index is 1100. The second-order valence-corrected chi connectivity index (χ2v) is 7.05. The molecular formula is C23H19ClN4O2. The molecule has 6 nitrogen and oxygen atoms in total. The van der Waals surface area contributed by atoms with E-state index in [0.29, 0.717) is 23.3 Å². The van der Waals surface area contributed by atoms with Crippen LogP contribution in [0.4, 0.5) is 4.79 Å². The Morgan fingerprint density at radius 2 is 1.57 bits per heavy atom. The van der Waals surface area contributed by atoms with Gasteiger partial charge in [-0.15, -0.1) is 10.2 Å². The van der Waals surface area contributed by atoms with Gasteiger partial charge in [0.25, 0.3) is 0 Å². The van der Waals surface area contributed by atoms with Gasteiger partial charge in [-0.1, -0.05) is 72.3 Å². The zero-order chi connectivity index (χ0) is 20.8. The number of benzene rings is 3.